The van der Waals surface area contributed by atoms with Gasteiger partial charge in [0, 0.05) is 12.1 Å². The van der Waals surface area contributed by atoms with E-state index < -0.39 is 0 Å². The number of benzene rings is 1. The summed E-state index contributed by atoms with van der Waals surface area (Å²) in [4.78, 5) is 21.5. The van der Waals surface area contributed by atoms with Crippen LogP contribution in [0.2, 0.25) is 0 Å². The highest BCUT2D eigenvalue weighted by Crippen LogP contribution is 2.61. The van der Waals surface area contributed by atoms with Crippen molar-refractivity contribution in [3.05, 3.63) is 42.2 Å². The Morgan fingerprint density at radius 2 is 1.74 bits per heavy atom. The van der Waals surface area contributed by atoms with E-state index in [-0.39, 0.29) is 11.9 Å². The van der Waals surface area contributed by atoms with Crippen molar-refractivity contribution in [2.45, 2.75) is 51.5 Å². The second-order valence-corrected chi connectivity index (χ2v) is 9.13. The summed E-state index contributed by atoms with van der Waals surface area (Å²) in [6.07, 6.45) is 13.3. The predicted octanol–water partition coefficient (Wildman–Crippen LogP) is 4.36. The Balaban J connectivity index is 1.26. The maximum absolute atomic E-state index is 12.5. The molecule has 0 radical (unpaired) electrons. The lowest BCUT2D eigenvalue weighted by atomic mass is 9.48. The third-order valence-corrected chi connectivity index (χ3v) is 7.24. The zero-order valence-corrected chi connectivity index (χ0v) is 15.9. The van der Waals surface area contributed by atoms with E-state index in [0.29, 0.717) is 11.1 Å². The first-order chi connectivity index (χ1) is 13.1. The number of nitrogens with zero attached hydrogens (tertiary/aromatic N) is 2. The Kier molecular flexibility index (Phi) is 4.03. The number of carbonyl (C=O) groups is 1. The summed E-state index contributed by atoms with van der Waals surface area (Å²) in [7, 11) is 0. The Morgan fingerprint density at radius 3 is 2.41 bits per heavy atom. The van der Waals surface area contributed by atoms with Crippen LogP contribution in [0.4, 0.5) is 0 Å². The second kappa shape index (κ2) is 6.43. The van der Waals surface area contributed by atoms with E-state index in [0.717, 1.165) is 28.8 Å². The molecule has 4 aliphatic carbocycles. The first-order valence-corrected chi connectivity index (χ1v) is 10.3. The molecule has 1 amide bonds. The fourth-order valence-corrected chi connectivity index (χ4v) is 6.34. The average molecular weight is 361 g/mol. The fraction of sp³-hybridized carbons (Fsp3) is 0.522. The number of rotatable bonds is 4. The number of carbonyl (C=O) groups excluding carboxylic acids is 1. The van der Waals surface area contributed by atoms with E-state index in [4.69, 9.17) is 0 Å². The van der Waals surface area contributed by atoms with Crippen molar-refractivity contribution in [1.82, 2.24) is 15.3 Å². The molecule has 2 aromatic rings. The SMILES string of the molecule is C[C@H](NC(=O)/C=C/c1cnc2ccccc2n1)C12CC3CC(CC(C3)C1)C2. The number of hydrogen-bond donors (Lipinski definition) is 1. The normalized spacial score (nSPS) is 32.9. The van der Waals surface area contributed by atoms with Gasteiger partial charge in [-0.25, -0.2) is 4.98 Å². The van der Waals surface area contributed by atoms with E-state index in [9.17, 15) is 4.79 Å². The molecule has 4 nitrogen and oxygen atoms in total. The van der Waals surface area contributed by atoms with Gasteiger partial charge in [-0.1, -0.05) is 12.1 Å². The highest BCUT2D eigenvalue weighted by Gasteiger charge is 2.53. The number of fused-ring (bicyclic) bond motifs is 1. The predicted molar refractivity (Wildman–Crippen MR) is 107 cm³/mol. The van der Waals surface area contributed by atoms with Gasteiger partial charge < -0.3 is 5.32 Å². The van der Waals surface area contributed by atoms with Crippen LogP contribution in [0.3, 0.4) is 0 Å². The van der Waals surface area contributed by atoms with Crippen LogP contribution in [0.15, 0.2) is 36.5 Å². The summed E-state index contributed by atoms with van der Waals surface area (Å²) in [5.41, 5.74) is 2.77. The highest BCUT2D eigenvalue weighted by molar-refractivity contribution is 5.92. The summed E-state index contributed by atoms with van der Waals surface area (Å²) in [5, 5.41) is 3.27. The molecule has 4 saturated carbocycles. The molecular formula is C23H27N3O. The van der Waals surface area contributed by atoms with Crippen molar-refractivity contribution in [2.75, 3.05) is 0 Å². The topological polar surface area (TPSA) is 54.9 Å². The highest BCUT2D eigenvalue weighted by atomic mass is 16.1. The minimum atomic E-state index is -0.0202. The zero-order chi connectivity index (χ0) is 18.4. The van der Waals surface area contributed by atoms with Gasteiger partial charge in [0.15, 0.2) is 0 Å². The minimum Gasteiger partial charge on any atom is -0.350 e. The fourth-order valence-electron chi connectivity index (χ4n) is 6.34. The van der Waals surface area contributed by atoms with Gasteiger partial charge in [0.05, 0.1) is 22.9 Å². The molecule has 1 N–H and O–H groups in total. The Labute approximate surface area is 160 Å². The van der Waals surface area contributed by atoms with Gasteiger partial charge in [0.1, 0.15) is 0 Å². The van der Waals surface area contributed by atoms with Gasteiger partial charge in [-0.15, -0.1) is 0 Å². The standard InChI is InChI=1S/C23H27N3O/c1-15(23-11-16-8-17(12-23)10-18(9-16)13-23)25-22(27)7-6-19-14-24-20-4-2-3-5-21(20)26-19/h2-7,14-18H,8-13H2,1H3,(H,25,27)/b7-6+/t15-,16?,17?,18?,23?/m0/s1. The quantitative estimate of drug-likeness (QED) is 0.823. The molecule has 0 unspecified atom stereocenters. The van der Waals surface area contributed by atoms with Crippen molar-refractivity contribution >= 4 is 23.0 Å². The molecule has 0 spiro atoms. The number of amides is 1. The molecule has 1 atom stereocenters. The molecule has 0 saturated heterocycles. The maximum atomic E-state index is 12.5. The van der Waals surface area contributed by atoms with Gasteiger partial charge in [0.2, 0.25) is 5.91 Å². The third-order valence-electron chi connectivity index (χ3n) is 7.24. The van der Waals surface area contributed by atoms with Gasteiger partial charge in [0.25, 0.3) is 0 Å². The number of para-hydroxylation sites is 2. The van der Waals surface area contributed by atoms with Gasteiger partial charge in [-0.05, 0) is 86.8 Å². The molecule has 1 aromatic carbocycles. The van der Waals surface area contributed by atoms with Crippen LogP contribution in [0.25, 0.3) is 17.1 Å². The molecule has 4 heteroatoms. The summed E-state index contributed by atoms with van der Waals surface area (Å²) in [5.74, 6) is 2.69. The Morgan fingerprint density at radius 1 is 1.11 bits per heavy atom. The van der Waals surface area contributed by atoms with Crippen LogP contribution in [0, 0.1) is 23.2 Å². The van der Waals surface area contributed by atoms with E-state index in [1.807, 2.05) is 24.3 Å². The van der Waals surface area contributed by atoms with E-state index in [1.165, 1.54) is 38.5 Å². The van der Waals surface area contributed by atoms with Crippen molar-refractivity contribution in [1.29, 1.82) is 0 Å². The van der Waals surface area contributed by atoms with Crippen molar-refractivity contribution in [3.63, 3.8) is 0 Å². The average Bonchev–Trinajstić information content (AvgIpc) is 2.65. The molecule has 4 bridgehead atoms. The van der Waals surface area contributed by atoms with Crippen LogP contribution < -0.4 is 5.32 Å². The molecule has 1 heterocycles. The summed E-state index contributed by atoms with van der Waals surface area (Å²) >= 11 is 0. The van der Waals surface area contributed by atoms with E-state index >= 15 is 0 Å². The number of hydrogen-bond acceptors (Lipinski definition) is 3. The van der Waals surface area contributed by atoms with Crippen LogP contribution >= 0.6 is 0 Å². The monoisotopic (exact) mass is 361 g/mol. The summed E-state index contributed by atoms with van der Waals surface area (Å²) in [6, 6.07) is 8.02. The van der Waals surface area contributed by atoms with Crippen molar-refractivity contribution < 1.29 is 4.79 Å². The van der Waals surface area contributed by atoms with Gasteiger partial charge >= 0.3 is 0 Å². The number of nitrogens with one attached hydrogen (secondary N) is 1. The lowest BCUT2D eigenvalue weighted by Gasteiger charge is -2.59. The van der Waals surface area contributed by atoms with Gasteiger partial charge in [-0.2, -0.15) is 0 Å². The van der Waals surface area contributed by atoms with Crippen LogP contribution in [0.5, 0.6) is 0 Å². The van der Waals surface area contributed by atoms with Crippen LogP contribution in [-0.4, -0.2) is 21.9 Å². The molecule has 4 aliphatic rings. The molecular weight excluding hydrogens is 334 g/mol. The first kappa shape index (κ1) is 16.9. The Bertz CT molecular complexity index is 868. The van der Waals surface area contributed by atoms with E-state index in [2.05, 4.69) is 22.2 Å². The molecule has 27 heavy (non-hydrogen) atoms. The lowest BCUT2D eigenvalue weighted by Crippen LogP contribution is -2.55. The smallest absolute Gasteiger partial charge is 0.244 e. The number of aromatic nitrogens is 2. The third kappa shape index (κ3) is 3.15. The first-order valence-electron chi connectivity index (χ1n) is 10.3. The minimum absolute atomic E-state index is 0.0202. The zero-order valence-electron chi connectivity index (χ0n) is 15.9. The van der Waals surface area contributed by atoms with Gasteiger partial charge in [-0.3, -0.25) is 9.78 Å². The summed E-state index contributed by atoms with van der Waals surface area (Å²) in [6.45, 7) is 2.22. The molecule has 6 rings (SSSR count). The van der Waals surface area contributed by atoms with E-state index in [1.54, 1.807) is 18.3 Å². The molecule has 1 aromatic heterocycles. The van der Waals surface area contributed by atoms with Crippen LogP contribution in [0.1, 0.15) is 51.1 Å². The maximum Gasteiger partial charge on any atom is 0.244 e. The summed E-state index contributed by atoms with van der Waals surface area (Å²) < 4.78 is 0. The van der Waals surface area contributed by atoms with Crippen molar-refractivity contribution in [3.8, 4) is 0 Å². The van der Waals surface area contributed by atoms with Crippen LogP contribution in [-0.2, 0) is 4.79 Å². The van der Waals surface area contributed by atoms with Crippen molar-refractivity contribution in [2.24, 2.45) is 23.2 Å². The Hall–Kier alpha value is -2.23. The lowest BCUT2D eigenvalue weighted by molar-refractivity contribution is -0.121. The molecule has 140 valence electrons. The largest absolute Gasteiger partial charge is 0.350 e. The molecule has 4 fully saturated rings. The second-order valence-electron chi connectivity index (χ2n) is 9.13. The molecule has 0 aliphatic heterocycles.